The molecule has 0 aromatic carbocycles. The fourth-order valence-corrected chi connectivity index (χ4v) is 1.57. The third-order valence-corrected chi connectivity index (χ3v) is 3.84. The van der Waals surface area contributed by atoms with Crippen molar-refractivity contribution in [2.75, 3.05) is 11.9 Å². The van der Waals surface area contributed by atoms with Crippen molar-refractivity contribution in [1.29, 1.82) is 0 Å². The first-order chi connectivity index (χ1) is 7.33. The molecule has 0 bridgehead atoms. The number of hydrogen-bond acceptors (Lipinski definition) is 5. The van der Waals surface area contributed by atoms with Crippen LogP contribution in [0, 0.1) is 21.4 Å². The van der Waals surface area contributed by atoms with Crippen LogP contribution < -0.4 is 5.32 Å². The fourth-order valence-electron chi connectivity index (χ4n) is 0.939. The molecule has 0 amide bonds. The molecule has 1 heterocycles. The molecular formula is C10H17N3O2S. The molecule has 1 N–H and O–H groups in total. The Morgan fingerprint density at radius 2 is 2.25 bits per heavy atom. The molecule has 0 radical (unpaired) electrons. The SMILES string of the molecule is CC(C)C(C)(C)CNc1ncc([N+](=O)[O-])s1. The Balaban J connectivity index is 2.58. The van der Waals surface area contributed by atoms with E-state index in [1.165, 1.54) is 6.20 Å². The van der Waals surface area contributed by atoms with Gasteiger partial charge in [0.05, 0.1) is 4.92 Å². The van der Waals surface area contributed by atoms with E-state index in [2.05, 4.69) is 38.0 Å². The van der Waals surface area contributed by atoms with Gasteiger partial charge in [-0.15, -0.1) is 0 Å². The van der Waals surface area contributed by atoms with E-state index < -0.39 is 4.92 Å². The Hall–Kier alpha value is -1.17. The summed E-state index contributed by atoms with van der Waals surface area (Å²) in [5.41, 5.74) is 0.139. The molecule has 0 saturated heterocycles. The molecule has 0 fully saturated rings. The van der Waals surface area contributed by atoms with Crippen LogP contribution in [0.4, 0.5) is 10.1 Å². The molecule has 0 atom stereocenters. The lowest BCUT2D eigenvalue weighted by Crippen LogP contribution is -2.28. The van der Waals surface area contributed by atoms with Crippen molar-refractivity contribution in [3.05, 3.63) is 16.3 Å². The average Bonchev–Trinajstić information content (AvgIpc) is 2.63. The maximum absolute atomic E-state index is 10.5. The zero-order valence-electron chi connectivity index (χ0n) is 9.98. The van der Waals surface area contributed by atoms with Crippen LogP contribution in [0.15, 0.2) is 6.20 Å². The molecule has 1 aromatic rings. The number of nitro groups is 1. The van der Waals surface area contributed by atoms with Crippen LogP contribution in [0.2, 0.25) is 0 Å². The molecule has 1 rings (SSSR count). The van der Waals surface area contributed by atoms with Crippen LogP contribution in [-0.4, -0.2) is 16.5 Å². The summed E-state index contributed by atoms with van der Waals surface area (Å²) < 4.78 is 0. The first-order valence-electron chi connectivity index (χ1n) is 5.17. The number of hydrogen-bond donors (Lipinski definition) is 1. The van der Waals surface area contributed by atoms with Gasteiger partial charge in [0, 0.05) is 6.54 Å². The number of nitrogens with zero attached hydrogens (tertiary/aromatic N) is 2. The van der Waals surface area contributed by atoms with E-state index in [0.29, 0.717) is 11.0 Å². The van der Waals surface area contributed by atoms with Crippen molar-refractivity contribution < 1.29 is 4.92 Å². The molecule has 0 unspecified atom stereocenters. The molecule has 0 saturated carbocycles. The van der Waals surface area contributed by atoms with E-state index in [1.54, 1.807) is 0 Å². The summed E-state index contributed by atoms with van der Waals surface area (Å²) in [4.78, 5) is 14.0. The van der Waals surface area contributed by atoms with E-state index in [-0.39, 0.29) is 10.4 Å². The predicted octanol–water partition coefficient (Wildman–Crippen LogP) is 3.15. The van der Waals surface area contributed by atoms with Gasteiger partial charge in [-0.2, -0.15) is 0 Å². The molecular weight excluding hydrogens is 226 g/mol. The van der Waals surface area contributed by atoms with Crippen molar-refractivity contribution in [3.8, 4) is 0 Å². The highest BCUT2D eigenvalue weighted by Crippen LogP contribution is 2.29. The molecule has 0 aliphatic carbocycles. The van der Waals surface area contributed by atoms with Crippen LogP contribution in [0.25, 0.3) is 0 Å². The quantitative estimate of drug-likeness (QED) is 0.637. The lowest BCUT2D eigenvalue weighted by atomic mass is 9.81. The topological polar surface area (TPSA) is 68.1 Å². The van der Waals surface area contributed by atoms with Crippen molar-refractivity contribution in [2.24, 2.45) is 11.3 Å². The van der Waals surface area contributed by atoms with Gasteiger partial charge in [0.2, 0.25) is 0 Å². The second-order valence-corrected chi connectivity index (χ2v) is 5.77. The largest absolute Gasteiger partial charge is 0.361 e. The zero-order chi connectivity index (χ0) is 12.3. The molecule has 16 heavy (non-hydrogen) atoms. The first kappa shape index (κ1) is 12.9. The second-order valence-electron chi connectivity index (χ2n) is 4.76. The van der Waals surface area contributed by atoms with Crippen LogP contribution in [0.5, 0.6) is 0 Å². The smallest absolute Gasteiger partial charge is 0.345 e. The van der Waals surface area contributed by atoms with Gasteiger partial charge >= 0.3 is 5.00 Å². The minimum absolute atomic E-state index is 0.0739. The summed E-state index contributed by atoms with van der Waals surface area (Å²) in [5.74, 6) is 0.537. The number of anilines is 1. The standard InChI is InChI=1S/C10H17N3O2S/c1-7(2)10(3,4)6-12-9-11-5-8(16-9)13(14)15/h5,7H,6H2,1-4H3,(H,11,12). The lowest BCUT2D eigenvalue weighted by molar-refractivity contribution is -0.380. The number of rotatable bonds is 5. The fraction of sp³-hybridized carbons (Fsp3) is 0.700. The summed E-state index contributed by atoms with van der Waals surface area (Å²) in [6.45, 7) is 9.40. The van der Waals surface area contributed by atoms with E-state index in [4.69, 9.17) is 0 Å². The minimum atomic E-state index is -0.420. The van der Waals surface area contributed by atoms with E-state index in [1.807, 2.05) is 0 Å². The Morgan fingerprint density at radius 1 is 1.62 bits per heavy atom. The summed E-state index contributed by atoms with van der Waals surface area (Å²) in [6.07, 6.45) is 1.29. The molecule has 0 aliphatic rings. The van der Waals surface area contributed by atoms with Gasteiger partial charge in [-0.1, -0.05) is 27.7 Å². The maximum Gasteiger partial charge on any atom is 0.345 e. The third-order valence-electron chi connectivity index (χ3n) is 2.93. The van der Waals surface area contributed by atoms with Crippen molar-refractivity contribution in [2.45, 2.75) is 27.7 Å². The number of nitrogens with one attached hydrogen (secondary N) is 1. The number of thiazole rings is 1. The Labute approximate surface area is 99.0 Å². The van der Waals surface area contributed by atoms with Crippen LogP contribution in [-0.2, 0) is 0 Å². The molecule has 1 aromatic heterocycles. The van der Waals surface area contributed by atoms with Crippen LogP contribution in [0.3, 0.4) is 0 Å². The van der Waals surface area contributed by atoms with E-state index in [0.717, 1.165) is 17.9 Å². The summed E-state index contributed by atoms with van der Waals surface area (Å²) >= 11 is 1.07. The lowest BCUT2D eigenvalue weighted by Gasteiger charge is -2.29. The van der Waals surface area contributed by atoms with Gasteiger partial charge in [0.1, 0.15) is 6.20 Å². The number of aromatic nitrogens is 1. The highest BCUT2D eigenvalue weighted by Gasteiger charge is 2.22. The summed E-state index contributed by atoms with van der Waals surface area (Å²) in [7, 11) is 0. The predicted molar refractivity (Wildman–Crippen MR) is 65.9 cm³/mol. The van der Waals surface area contributed by atoms with Crippen molar-refractivity contribution in [1.82, 2.24) is 4.98 Å². The minimum Gasteiger partial charge on any atom is -0.361 e. The van der Waals surface area contributed by atoms with Gasteiger partial charge in [-0.3, -0.25) is 10.1 Å². The van der Waals surface area contributed by atoms with E-state index >= 15 is 0 Å². The summed E-state index contributed by atoms with van der Waals surface area (Å²) in [6, 6.07) is 0. The average molecular weight is 243 g/mol. The Morgan fingerprint density at radius 3 is 2.69 bits per heavy atom. The van der Waals surface area contributed by atoms with Gasteiger partial charge in [0.15, 0.2) is 5.13 Å². The van der Waals surface area contributed by atoms with Gasteiger partial charge in [-0.25, -0.2) is 4.98 Å². The first-order valence-corrected chi connectivity index (χ1v) is 5.98. The monoisotopic (exact) mass is 243 g/mol. The van der Waals surface area contributed by atoms with Gasteiger partial charge in [0.25, 0.3) is 0 Å². The molecule has 6 heteroatoms. The normalized spacial score (nSPS) is 11.8. The van der Waals surface area contributed by atoms with Crippen LogP contribution in [0.1, 0.15) is 27.7 Å². The molecule has 90 valence electrons. The van der Waals surface area contributed by atoms with Crippen LogP contribution >= 0.6 is 11.3 Å². The zero-order valence-corrected chi connectivity index (χ0v) is 10.8. The maximum atomic E-state index is 10.5. The third kappa shape index (κ3) is 3.16. The highest BCUT2D eigenvalue weighted by molar-refractivity contribution is 7.18. The van der Waals surface area contributed by atoms with Gasteiger partial charge in [-0.05, 0) is 22.7 Å². The molecule has 0 spiro atoms. The van der Waals surface area contributed by atoms with Gasteiger partial charge < -0.3 is 5.32 Å². The molecule has 5 nitrogen and oxygen atoms in total. The van der Waals surface area contributed by atoms with Crippen molar-refractivity contribution in [3.63, 3.8) is 0 Å². The van der Waals surface area contributed by atoms with E-state index in [9.17, 15) is 10.1 Å². The summed E-state index contributed by atoms with van der Waals surface area (Å²) in [5, 5.41) is 14.3. The molecule has 0 aliphatic heterocycles. The van der Waals surface area contributed by atoms with Crippen molar-refractivity contribution >= 4 is 21.5 Å². The Bertz CT molecular complexity index is 374. The highest BCUT2D eigenvalue weighted by atomic mass is 32.1. The Kier molecular flexibility index (Phi) is 3.85. The second kappa shape index (κ2) is 4.78.